The minimum atomic E-state index is 0.474. The Morgan fingerprint density at radius 3 is 2.67 bits per heavy atom. The Bertz CT molecular complexity index is 158. The maximum Gasteiger partial charge on any atom is 0.0663 e. The Morgan fingerprint density at radius 2 is 2.11 bits per heavy atom. The molecule has 0 atom stereocenters. The topological polar surface area (TPSA) is 23.8 Å². The van der Waals surface area contributed by atoms with Gasteiger partial charge in [-0.25, -0.2) is 0 Å². The summed E-state index contributed by atoms with van der Waals surface area (Å²) >= 11 is 0. The van der Waals surface area contributed by atoms with Crippen LogP contribution in [0.5, 0.6) is 0 Å². The van der Waals surface area contributed by atoms with Crippen LogP contribution in [0.3, 0.4) is 0 Å². The van der Waals surface area contributed by atoms with Crippen molar-refractivity contribution in [2.45, 2.75) is 6.42 Å². The predicted octanol–water partition coefficient (Wildman–Crippen LogP) is 2.20. The van der Waals surface area contributed by atoms with Gasteiger partial charge in [-0.3, -0.25) is 0 Å². The van der Waals surface area contributed by atoms with Crippen LogP contribution in [0.25, 0.3) is 0 Å². The summed E-state index contributed by atoms with van der Waals surface area (Å²) in [6.07, 6.45) is 9.43. The molecule has 1 heteroatoms. The smallest absolute Gasteiger partial charge is 0.0663 e. The van der Waals surface area contributed by atoms with Crippen LogP contribution in [0.4, 0.5) is 0 Å². The van der Waals surface area contributed by atoms with E-state index in [2.05, 4.69) is 6.58 Å². The zero-order valence-corrected chi connectivity index (χ0v) is 5.25. The highest BCUT2D eigenvalue weighted by atomic mass is 14.2. The van der Waals surface area contributed by atoms with Crippen LogP contribution in [0.2, 0.25) is 0 Å². The molecule has 0 amide bonds. The third-order valence-corrected chi connectivity index (χ3v) is 0.704. The second kappa shape index (κ2) is 6.71. The minimum absolute atomic E-state index is 0.474. The number of hydrogen-bond acceptors (Lipinski definition) is 1. The molecular weight excluding hydrogens is 110 g/mol. The number of nitriles is 1. The molecule has 0 N–H and O–H groups in total. The molecule has 46 valence electrons. The van der Waals surface area contributed by atoms with Crippen LogP contribution in [0.15, 0.2) is 37.0 Å². The lowest BCUT2D eigenvalue weighted by Crippen LogP contribution is -1.53. The zero-order chi connectivity index (χ0) is 6.95. The molecule has 0 aromatic rings. The fourth-order valence-electron chi connectivity index (χ4n) is 0.342. The molecular formula is C8H9N. The highest BCUT2D eigenvalue weighted by molar-refractivity contribution is 5.09. The van der Waals surface area contributed by atoms with Crippen molar-refractivity contribution >= 4 is 0 Å². The Balaban J connectivity index is 3.37. The Kier molecular flexibility index (Phi) is 5.75. The van der Waals surface area contributed by atoms with E-state index >= 15 is 0 Å². The van der Waals surface area contributed by atoms with Crippen molar-refractivity contribution in [3.05, 3.63) is 37.0 Å². The normalized spacial score (nSPS) is 10.1. The van der Waals surface area contributed by atoms with Gasteiger partial charge in [0, 0.05) is 0 Å². The summed E-state index contributed by atoms with van der Waals surface area (Å²) in [6, 6.07) is 2.00. The molecule has 0 spiro atoms. The largest absolute Gasteiger partial charge is 0.198 e. The van der Waals surface area contributed by atoms with Crippen LogP contribution in [0, 0.1) is 11.3 Å². The first kappa shape index (κ1) is 7.71. The molecule has 0 aromatic heterocycles. The standard InChI is InChI=1S/C8H9N/c1-2-3-4-5-6-7-8-9/h2-6H,1,7H2. The Morgan fingerprint density at radius 1 is 1.33 bits per heavy atom. The number of allylic oxidation sites excluding steroid dienone is 5. The zero-order valence-electron chi connectivity index (χ0n) is 5.25. The Hall–Kier alpha value is -1.29. The molecule has 0 unspecified atom stereocenters. The first-order chi connectivity index (χ1) is 4.41. The van der Waals surface area contributed by atoms with E-state index in [4.69, 9.17) is 5.26 Å². The van der Waals surface area contributed by atoms with Crippen LogP contribution >= 0.6 is 0 Å². The second-order valence-electron chi connectivity index (χ2n) is 1.41. The van der Waals surface area contributed by atoms with Gasteiger partial charge in [-0.2, -0.15) is 5.26 Å². The lowest BCUT2D eigenvalue weighted by Gasteiger charge is -1.70. The van der Waals surface area contributed by atoms with E-state index in [1.54, 1.807) is 12.2 Å². The maximum absolute atomic E-state index is 8.08. The van der Waals surface area contributed by atoms with E-state index < -0.39 is 0 Å². The lowest BCUT2D eigenvalue weighted by molar-refractivity contribution is 1.35. The molecule has 0 rings (SSSR count). The van der Waals surface area contributed by atoms with Crippen LogP contribution < -0.4 is 0 Å². The van der Waals surface area contributed by atoms with E-state index in [-0.39, 0.29) is 0 Å². The molecule has 0 fully saturated rings. The van der Waals surface area contributed by atoms with Crippen LogP contribution in [-0.4, -0.2) is 0 Å². The van der Waals surface area contributed by atoms with Crippen molar-refractivity contribution in [2.75, 3.05) is 0 Å². The van der Waals surface area contributed by atoms with Crippen molar-refractivity contribution in [2.24, 2.45) is 0 Å². The molecule has 0 bridgehead atoms. The van der Waals surface area contributed by atoms with Gasteiger partial charge in [0.25, 0.3) is 0 Å². The third-order valence-electron chi connectivity index (χ3n) is 0.704. The summed E-state index contributed by atoms with van der Waals surface area (Å²) in [7, 11) is 0. The average molecular weight is 119 g/mol. The molecule has 0 aliphatic heterocycles. The van der Waals surface area contributed by atoms with Gasteiger partial charge in [-0.1, -0.05) is 37.0 Å². The molecule has 0 saturated heterocycles. The lowest BCUT2D eigenvalue weighted by atomic mass is 10.4. The molecule has 1 nitrogen and oxygen atoms in total. The third kappa shape index (κ3) is 6.71. The molecule has 0 saturated carbocycles. The van der Waals surface area contributed by atoms with Crippen LogP contribution in [-0.2, 0) is 0 Å². The van der Waals surface area contributed by atoms with E-state index in [9.17, 15) is 0 Å². The molecule has 0 aliphatic rings. The SMILES string of the molecule is C=CC=CC=CCC#N. The average Bonchev–Trinajstić information content (AvgIpc) is 1.89. The molecule has 9 heavy (non-hydrogen) atoms. The molecule has 0 aliphatic carbocycles. The maximum atomic E-state index is 8.08. The fraction of sp³-hybridized carbons (Fsp3) is 0.125. The first-order valence-corrected chi connectivity index (χ1v) is 2.73. The summed E-state index contributed by atoms with van der Waals surface area (Å²) < 4.78 is 0. The molecule has 0 aromatic carbocycles. The van der Waals surface area contributed by atoms with E-state index in [1.165, 1.54) is 0 Å². The van der Waals surface area contributed by atoms with Gasteiger partial charge < -0.3 is 0 Å². The van der Waals surface area contributed by atoms with E-state index in [1.807, 2.05) is 24.3 Å². The number of nitrogens with zero attached hydrogens (tertiary/aromatic N) is 1. The molecule has 0 radical (unpaired) electrons. The monoisotopic (exact) mass is 119 g/mol. The van der Waals surface area contributed by atoms with Crippen molar-refractivity contribution in [3.63, 3.8) is 0 Å². The summed E-state index contributed by atoms with van der Waals surface area (Å²) in [5, 5.41) is 8.08. The van der Waals surface area contributed by atoms with Gasteiger partial charge in [0.15, 0.2) is 0 Å². The summed E-state index contributed by atoms with van der Waals surface area (Å²) in [5.74, 6) is 0. The van der Waals surface area contributed by atoms with Gasteiger partial charge in [0.2, 0.25) is 0 Å². The van der Waals surface area contributed by atoms with Crippen molar-refractivity contribution in [3.8, 4) is 6.07 Å². The number of hydrogen-bond donors (Lipinski definition) is 0. The predicted molar refractivity (Wildman–Crippen MR) is 38.7 cm³/mol. The van der Waals surface area contributed by atoms with E-state index in [0.717, 1.165) is 0 Å². The summed E-state index contributed by atoms with van der Waals surface area (Å²) in [6.45, 7) is 3.49. The summed E-state index contributed by atoms with van der Waals surface area (Å²) in [4.78, 5) is 0. The van der Waals surface area contributed by atoms with Gasteiger partial charge in [0.1, 0.15) is 0 Å². The number of rotatable bonds is 3. The highest BCUT2D eigenvalue weighted by Crippen LogP contribution is 1.81. The van der Waals surface area contributed by atoms with Crippen molar-refractivity contribution in [1.82, 2.24) is 0 Å². The fourth-order valence-corrected chi connectivity index (χ4v) is 0.342. The first-order valence-electron chi connectivity index (χ1n) is 2.73. The van der Waals surface area contributed by atoms with Gasteiger partial charge >= 0.3 is 0 Å². The van der Waals surface area contributed by atoms with Crippen LogP contribution in [0.1, 0.15) is 6.42 Å². The van der Waals surface area contributed by atoms with Gasteiger partial charge in [-0.05, 0) is 0 Å². The summed E-state index contributed by atoms with van der Waals surface area (Å²) in [5.41, 5.74) is 0. The van der Waals surface area contributed by atoms with Crippen molar-refractivity contribution < 1.29 is 0 Å². The van der Waals surface area contributed by atoms with Gasteiger partial charge in [0.05, 0.1) is 12.5 Å². The second-order valence-corrected chi connectivity index (χ2v) is 1.41. The van der Waals surface area contributed by atoms with Gasteiger partial charge in [-0.15, -0.1) is 0 Å². The highest BCUT2D eigenvalue weighted by Gasteiger charge is 1.65. The molecule has 0 heterocycles. The minimum Gasteiger partial charge on any atom is -0.198 e. The van der Waals surface area contributed by atoms with E-state index in [0.29, 0.717) is 6.42 Å². The van der Waals surface area contributed by atoms with Crippen molar-refractivity contribution in [1.29, 1.82) is 5.26 Å². The Labute approximate surface area is 55.6 Å². The quantitative estimate of drug-likeness (QED) is 0.522.